The molecule has 3 aromatic rings. The fraction of sp³-hybridized carbons (Fsp3) is 0.200. The topological polar surface area (TPSA) is 76.1 Å². The summed E-state index contributed by atoms with van der Waals surface area (Å²) in [6.45, 7) is 0.233. The van der Waals surface area contributed by atoms with Crippen molar-refractivity contribution in [2.45, 2.75) is 18.8 Å². The molecular formula is C25H19Cl2FN2O3. The van der Waals surface area contributed by atoms with Crippen LogP contribution in [0.5, 0.6) is 0 Å². The highest BCUT2D eigenvalue weighted by Gasteiger charge is 2.43. The highest BCUT2D eigenvalue weighted by molar-refractivity contribution is 6.38. The molecule has 0 aliphatic heterocycles. The monoisotopic (exact) mass is 484 g/mol. The van der Waals surface area contributed by atoms with E-state index in [1.165, 1.54) is 18.3 Å². The van der Waals surface area contributed by atoms with Crippen LogP contribution in [0, 0.1) is 11.7 Å². The van der Waals surface area contributed by atoms with Gasteiger partial charge in [-0.05, 0) is 53.9 Å². The van der Waals surface area contributed by atoms with E-state index in [0.29, 0.717) is 23.1 Å². The molecule has 168 valence electrons. The van der Waals surface area contributed by atoms with Crippen LogP contribution in [0.3, 0.4) is 0 Å². The molecule has 1 aliphatic rings. The Hall–Kier alpha value is -3.09. The molecule has 2 atom stereocenters. The molecule has 33 heavy (non-hydrogen) atoms. The maximum absolute atomic E-state index is 13.2. The largest absolute Gasteiger partial charge is 0.351 e. The normalized spacial score (nSPS) is 17.9. The van der Waals surface area contributed by atoms with Gasteiger partial charge in [0.05, 0.1) is 0 Å². The number of amides is 1. The van der Waals surface area contributed by atoms with Gasteiger partial charge in [-0.15, -0.1) is 0 Å². The highest BCUT2D eigenvalue weighted by atomic mass is 35.5. The Morgan fingerprint density at radius 1 is 1.03 bits per heavy atom. The van der Waals surface area contributed by atoms with E-state index in [4.69, 9.17) is 23.2 Å². The van der Waals surface area contributed by atoms with Gasteiger partial charge in [0.15, 0.2) is 5.78 Å². The van der Waals surface area contributed by atoms with E-state index >= 15 is 0 Å². The number of Topliss-reactive ketones (excluding diaryl/α,β-unsaturated/α-hetero) is 2. The van der Waals surface area contributed by atoms with Crippen LogP contribution in [0.25, 0.3) is 11.1 Å². The number of aromatic nitrogens is 1. The Morgan fingerprint density at radius 3 is 2.36 bits per heavy atom. The molecule has 2 aromatic carbocycles. The van der Waals surface area contributed by atoms with Crippen LogP contribution >= 0.6 is 23.2 Å². The lowest BCUT2D eigenvalue weighted by Gasteiger charge is -2.15. The van der Waals surface area contributed by atoms with Gasteiger partial charge in [0.25, 0.3) is 5.91 Å². The summed E-state index contributed by atoms with van der Waals surface area (Å²) in [7, 11) is 0. The molecule has 1 saturated carbocycles. The molecule has 1 N–H and O–H groups in total. The Bertz CT molecular complexity index is 1190. The standard InChI is InChI=1S/C25H19Cl2FN2O3/c26-18-11-16(14-4-6-17(28)7-5-14)12-19(27)22(18)23-21(31)13-15(24(23)32)8-10-30-25(33)20-3-1-2-9-29-20/h1-7,9,11-12,15,23H,8,10,13H2,(H,30,33). The minimum Gasteiger partial charge on any atom is -0.351 e. The van der Waals surface area contributed by atoms with Crippen LogP contribution in [0.4, 0.5) is 4.39 Å². The maximum atomic E-state index is 13.2. The van der Waals surface area contributed by atoms with Crippen molar-refractivity contribution in [3.05, 3.63) is 87.9 Å². The molecule has 0 saturated heterocycles. The molecule has 1 heterocycles. The number of ketones is 2. The summed E-state index contributed by atoms with van der Waals surface area (Å²) in [4.78, 5) is 41.9. The van der Waals surface area contributed by atoms with Gasteiger partial charge >= 0.3 is 0 Å². The van der Waals surface area contributed by atoms with Crippen LogP contribution in [0.2, 0.25) is 10.0 Å². The first-order chi connectivity index (χ1) is 15.8. The Morgan fingerprint density at radius 2 is 1.73 bits per heavy atom. The van der Waals surface area contributed by atoms with Crippen molar-refractivity contribution in [2.75, 3.05) is 6.54 Å². The predicted octanol–water partition coefficient (Wildman–Crippen LogP) is 5.26. The summed E-state index contributed by atoms with van der Waals surface area (Å²) in [6, 6.07) is 14.1. The van der Waals surface area contributed by atoms with Crippen LogP contribution < -0.4 is 5.32 Å². The minimum absolute atomic E-state index is 0.0648. The first-order valence-electron chi connectivity index (χ1n) is 10.4. The van der Waals surface area contributed by atoms with E-state index in [1.54, 1.807) is 42.5 Å². The molecule has 1 amide bonds. The van der Waals surface area contributed by atoms with Gasteiger partial charge in [0.1, 0.15) is 23.2 Å². The number of pyridine rings is 1. The van der Waals surface area contributed by atoms with Gasteiger partial charge in [0, 0.05) is 40.7 Å². The van der Waals surface area contributed by atoms with Gasteiger partial charge in [0.2, 0.25) is 0 Å². The van der Waals surface area contributed by atoms with Crippen molar-refractivity contribution in [1.29, 1.82) is 0 Å². The summed E-state index contributed by atoms with van der Waals surface area (Å²) >= 11 is 12.9. The first kappa shape index (κ1) is 23.1. The average Bonchev–Trinajstić information content (AvgIpc) is 3.07. The van der Waals surface area contributed by atoms with E-state index in [2.05, 4.69) is 10.3 Å². The third-order valence-corrected chi connectivity index (χ3v) is 6.30. The fourth-order valence-corrected chi connectivity index (χ4v) is 4.73. The maximum Gasteiger partial charge on any atom is 0.269 e. The van der Waals surface area contributed by atoms with Crippen molar-refractivity contribution < 1.29 is 18.8 Å². The number of carbonyl (C=O) groups excluding carboxylic acids is 3. The van der Waals surface area contributed by atoms with Gasteiger partial charge in [-0.2, -0.15) is 0 Å². The number of hydrogen-bond acceptors (Lipinski definition) is 4. The smallest absolute Gasteiger partial charge is 0.269 e. The van der Waals surface area contributed by atoms with Crippen molar-refractivity contribution in [2.24, 2.45) is 5.92 Å². The van der Waals surface area contributed by atoms with Crippen LogP contribution in [-0.4, -0.2) is 29.0 Å². The number of nitrogens with zero attached hydrogens (tertiary/aromatic N) is 1. The second-order valence-electron chi connectivity index (χ2n) is 7.82. The SMILES string of the molecule is O=C(NCCC1CC(=O)C(c2c(Cl)cc(-c3ccc(F)cc3)cc2Cl)C1=O)c1ccccn1. The number of halogens is 3. The van der Waals surface area contributed by atoms with Crippen LogP contribution in [0.1, 0.15) is 34.8 Å². The van der Waals surface area contributed by atoms with Gasteiger partial charge in [-0.3, -0.25) is 19.4 Å². The number of hydrogen-bond donors (Lipinski definition) is 1. The summed E-state index contributed by atoms with van der Waals surface area (Å²) in [5, 5.41) is 3.14. The molecule has 1 aromatic heterocycles. The minimum atomic E-state index is -1.04. The Balaban J connectivity index is 1.47. The zero-order valence-corrected chi connectivity index (χ0v) is 18.9. The Labute approximate surface area is 199 Å². The molecule has 5 nitrogen and oxygen atoms in total. The third kappa shape index (κ3) is 4.97. The average molecular weight is 485 g/mol. The van der Waals surface area contributed by atoms with E-state index in [-0.39, 0.29) is 52.0 Å². The van der Waals surface area contributed by atoms with Crippen molar-refractivity contribution >= 4 is 40.7 Å². The molecule has 0 bridgehead atoms. The highest BCUT2D eigenvalue weighted by Crippen LogP contribution is 2.42. The van der Waals surface area contributed by atoms with Gasteiger partial charge < -0.3 is 5.32 Å². The third-order valence-electron chi connectivity index (χ3n) is 5.68. The zero-order valence-electron chi connectivity index (χ0n) is 17.4. The second kappa shape index (κ2) is 9.81. The zero-order chi connectivity index (χ0) is 23.5. The van der Waals surface area contributed by atoms with Crippen LogP contribution in [-0.2, 0) is 9.59 Å². The van der Waals surface area contributed by atoms with Crippen molar-refractivity contribution in [3.63, 3.8) is 0 Å². The van der Waals surface area contributed by atoms with E-state index in [0.717, 1.165) is 0 Å². The summed E-state index contributed by atoms with van der Waals surface area (Å²) in [5.74, 6) is -2.78. The van der Waals surface area contributed by atoms with Crippen LogP contribution in [0.15, 0.2) is 60.8 Å². The quantitative estimate of drug-likeness (QED) is 0.484. The summed E-state index contributed by atoms with van der Waals surface area (Å²) in [5.41, 5.74) is 1.93. The first-order valence-corrected chi connectivity index (χ1v) is 11.1. The number of carbonyl (C=O) groups is 3. The van der Waals surface area contributed by atoms with Gasteiger partial charge in [-0.25, -0.2) is 4.39 Å². The number of rotatable bonds is 6. The van der Waals surface area contributed by atoms with E-state index in [9.17, 15) is 18.8 Å². The van der Waals surface area contributed by atoms with Crippen molar-refractivity contribution in [1.82, 2.24) is 10.3 Å². The molecule has 1 fully saturated rings. The lowest BCUT2D eigenvalue weighted by atomic mass is 9.91. The van der Waals surface area contributed by atoms with Gasteiger partial charge in [-0.1, -0.05) is 41.4 Å². The molecule has 0 radical (unpaired) electrons. The van der Waals surface area contributed by atoms with E-state index < -0.39 is 11.8 Å². The summed E-state index contributed by atoms with van der Waals surface area (Å²) in [6.07, 6.45) is 1.91. The molecule has 2 unspecified atom stereocenters. The molecule has 1 aliphatic carbocycles. The summed E-state index contributed by atoms with van der Waals surface area (Å²) < 4.78 is 13.2. The Kier molecular flexibility index (Phi) is 6.86. The number of nitrogens with one attached hydrogen (secondary N) is 1. The molecule has 4 rings (SSSR count). The molecule has 0 spiro atoms. The van der Waals surface area contributed by atoms with E-state index in [1.807, 2.05) is 0 Å². The van der Waals surface area contributed by atoms with Crippen molar-refractivity contribution in [3.8, 4) is 11.1 Å². The number of benzene rings is 2. The lowest BCUT2D eigenvalue weighted by molar-refractivity contribution is -0.124. The fourth-order valence-electron chi connectivity index (χ4n) is 4.02. The predicted molar refractivity (Wildman–Crippen MR) is 124 cm³/mol. The molecule has 8 heteroatoms. The molecular weight excluding hydrogens is 466 g/mol. The second-order valence-corrected chi connectivity index (χ2v) is 8.64. The lowest BCUT2D eigenvalue weighted by Crippen LogP contribution is -2.27.